The van der Waals surface area contributed by atoms with Gasteiger partial charge in [-0.1, -0.05) is 36.4 Å². The van der Waals surface area contributed by atoms with Crippen molar-refractivity contribution in [1.82, 2.24) is 10.2 Å². The summed E-state index contributed by atoms with van der Waals surface area (Å²) >= 11 is 0. The highest BCUT2D eigenvalue weighted by Crippen LogP contribution is 2.34. The molecule has 0 aliphatic carbocycles. The molecule has 3 heteroatoms. The van der Waals surface area contributed by atoms with E-state index in [-0.39, 0.29) is 12.0 Å². The molecule has 1 aromatic rings. The zero-order valence-electron chi connectivity index (χ0n) is 12.2. The molecule has 1 aliphatic heterocycles. The molecule has 1 saturated heterocycles. The van der Waals surface area contributed by atoms with Crippen LogP contribution in [0.3, 0.4) is 0 Å². The fourth-order valence-electron chi connectivity index (χ4n) is 3.22. The van der Waals surface area contributed by atoms with Crippen molar-refractivity contribution in [2.45, 2.75) is 18.3 Å². The van der Waals surface area contributed by atoms with E-state index >= 15 is 0 Å². The SMILES string of the molecule is C=CCN(CCO)CC1(c2ccccc2)CCNCC1. The van der Waals surface area contributed by atoms with Crippen LogP contribution in [-0.2, 0) is 5.41 Å². The largest absolute Gasteiger partial charge is 0.395 e. The third-order valence-corrected chi connectivity index (χ3v) is 4.28. The Morgan fingerprint density at radius 1 is 1.25 bits per heavy atom. The number of piperidine rings is 1. The number of nitrogens with one attached hydrogen (secondary N) is 1. The van der Waals surface area contributed by atoms with Gasteiger partial charge in [0.25, 0.3) is 0 Å². The third kappa shape index (κ3) is 3.69. The highest BCUT2D eigenvalue weighted by atomic mass is 16.3. The Labute approximate surface area is 122 Å². The Morgan fingerprint density at radius 3 is 2.55 bits per heavy atom. The average molecular weight is 274 g/mol. The molecular formula is C17H26N2O. The number of hydrogen-bond acceptors (Lipinski definition) is 3. The molecule has 0 bridgehead atoms. The zero-order chi connectivity index (χ0) is 14.3. The van der Waals surface area contributed by atoms with Gasteiger partial charge in [-0.25, -0.2) is 0 Å². The quantitative estimate of drug-likeness (QED) is 0.744. The summed E-state index contributed by atoms with van der Waals surface area (Å²) in [7, 11) is 0. The lowest BCUT2D eigenvalue weighted by Gasteiger charge is -2.41. The summed E-state index contributed by atoms with van der Waals surface area (Å²) in [6, 6.07) is 10.8. The van der Waals surface area contributed by atoms with Crippen LogP contribution in [0, 0.1) is 0 Å². The van der Waals surface area contributed by atoms with Crippen LogP contribution in [-0.4, -0.2) is 49.3 Å². The second kappa shape index (κ2) is 7.58. The van der Waals surface area contributed by atoms with Gasteiger partial charge in [-0.2, -0.15) is 0 Å². The number of aliphatic hydroxyl groups is 1. The maximum Gasteiger partial charge on any atom is 0.0558 e. The molecule has 110 valence electrons. The molecule has 0 amide bonds. The highest BCUT2D eigenvalue weighted by Gasteiger charge is 2.35. The number of rotatable bonds is 7. The molecule has 1 aromatic carbocycles. The van der Waals surface area contributed by atoms with Crippen LogP contribution in [0.15, 0.2) is 43.0 Å². The Morgan fingerprint density at radius 2 is 1.95 bits per heavy atom. The van der Waals surface area contributed by atoms with Gasteiger partial charge in [0.05, 0.1) is 6.61 Å². The van der Waals surface area contributed by atoms with E-state index in [0.717, 1.165) is 39.0 Å². The second-order valence-corrected chi connectivity index (χ2v) is 5.64. The van der Waals surface area contributed by atoms with Crippen molar-refractivity contribution in [3.05, 3.63) is 48.6 Å². The smallest absolute Gasteiger partial charge is 0.0558 e. The van der Waals surface area contributed by atoms with Crippen LogP contribution in [0.1, 0.15) is 18.4 Å². The Kier molecular flexibility index (Phi) is 5.77. The van der Waals surface area contributed by atoms with Crippen molar-refractivity contribution < 1.29 is 5.11 Å². The predicted molar refractivity (Wildman–Crippen MR) is 83.9 cm³/mol. The van der Waals surface area contributed by atoms with Crippen LogP contribution >= 0.6 is 0 Å². The zero-order valence-corrected chi connectivity index (χ0v) is 12.2. The monoisotopic (exact) mass is 274 g/mol. The van der Waals surface area contributed by atoms with E-state index in [1.807, 2.05) is 6.08 Å². The van der Waals surface area contributed by atoms with Crippen LogP contribution in [0.25, 0.3) is 0 Å². The van der Waals surface area contributed by atoms with Crippen molar-refractivity contribution in [1.29, 1.82) is 0 Å². The standard InChI is InChI=1S/C17H26N2O/c1-2-12-19(13-14-20)15-17(8-10-18-11-9-17)16-6-4-3-5-7-16/h2-7,18,20H,1,8-15H2. The summed E-state index contributed by atoms with van der Waals surface area (Å²) in [4.78, 5) is 2.31. The van der Waals surface area contributed by atoms with Gasteiger partial charge in [0.15, 0.2) is 0 Å². The van der Waals surface area contributed by atoms with Crippen LogP contribution in [0.4, 0.5) is 0 Å². The van der Waals surface area contributed by atoms with E-state index in [9.17, 15) is 5.11 Å². The van der Waals surface area contributed by atoms with E-state index in [1.54, 1.807) is 0 Å². The topological polar surface area (TPSA) is 35.5 Å². The lowest BCUT2D eigenvalue weighted by molar-refractivity contribution is 0.154. The minimum absolute atomic E-state index is 0.199. The number of benzene rings is 1. The molecule has 2 N–H and O–H groups in total. The van der Waals surface area contributed by atoms with Crippen LogP contribution in [0.5, 0.6) is 0 Å². The number of aliphatic hydroxyl groups excluding tert-OH is 1. The van der Waals surface area contributed by atoms with Gasteiger partial charge in [-0.05, 0) is 31.5 Å². The fraction of sp³-hybridized carbons (Fsp3) is 0.529. The summed E-state index contributed by atoms with van der Waals surface area (Å²) < 4.78 is 0. The molecule has 1 aliphatic rings. The molecular weight excluding hydrogens is 248 g/mol. The average Bonchev–Trinajstić information content (AvgIpc) is 2.50. The summed E-state index contributed by atoms with van der Waals surface area (Å²) in [6.45, 7) is 8.72. The van der Waals surface area contributed by atoms with Gasteiger partial charge in [-0.3, -0.25) is 4.90 Å². The van der Waals surface area contributed by atoms with Crippen molar-refractivity contribution in [2.75, 3.05) is 39.3 Å². The van der Waals surface area contributed by atoms with Crippen molar-refractivity contribution in [2.24, 2.45) is 0 Å². The van der Waals surface area contributed by atoms with Gasteiger partial charge in [-0.15, -0.1) is 6.58 Å². The number of nitrogens with zero attached hydrogens (tertiary/aromatic N) is 1. The molecule has 0 unspecified atom stereocenters. The number of hydrogen-bond donors (Lipinski definition) is 2. The van der Waals surface area contributed by atoms with Gasteiger partial charge in [0.1, 0.15) is 0 Å². The summed E-state index contributed by atoms with van der Waals surface area (Å²) in [6.07, 6.45) is 4.22. The molecule has 1 heterocycles. The van der Waals surface area contributed by atoms with Crippen molar-refractivity contribution in [3.63, 3.8) is 0 Å². The highest BCUT2D eigenvalue weighted by molar-refractivity contribution is 5.27. The summed E-state index contributed by atoms with van der Waals surface area (Å²) in [5.74, 6) is 0. The van der Waals surface area contributed by atoms with E-state index in [2.05, 4.69) is 47.1 Å². The normalized spacial score (nSPS) is 18.1. The minimum atomic E-state index is 0.199. The van der Waals surface area contributed by atoms with E-state index in [0.29, 0.717) is 6.54 Å². The van der Waals surface area contributed by atoms with Crippen molar-refractivity contribution in [3.8, 4) is 0 Å². The predicted octanol–water partition coefficient (Wildman–Crippen LogP) is 1.79. The lowest BCUT2D eigenvalue weighted by atomic mass is 9.72. The first-order chi connectivity index (χ1) is 9.80. The minimum Gasteiger partial charge on any atom is -0.395 e. The summed E-state index contributed by atoms with van der Waals surface area (Å²) in [5.41, 5.74) is 1.62. The Bertz CT molecular complexity index is 399. The Hall–Kier alpha value is -1.16. The van der Waals surface area contributed by atoms with Gasteiger partial charge < -0.3 is 10.4 Å². The fourth-order valence-corrected chi connectivity index (χ4v) is 3.22. The lowest BCUT2D eigenvalue weighted by Crippen LogP contribution is -2.48. The molecule has 0 saturated carbocycles. The molecule has 0 aromatic heterocycles. The summed E-state index contributed by atoms with van der Waals surface area (Å²) in [5, 5.41) is 12.7. The Balaban J connectivity index is 2.20. The maximum absolute atomic E-state index is 9.26. The van der Waals surface area contributed by atoms with Crippen molar-refractivity contribution >= 4 is 0 Å². The maximum atomic E-state index is 9.26. The first-order valence-electron chi connectivity index (χ1n) is 7.51. The van der Waals surface area contributed by atoms with E-state index in [1.165, 1.54) is 5.56 Å². The second-order valence-electron chi connectivity index (χ2n) is 5.64. The van der Waals surface area contributed by atoms with Gasteiger partial charge in [0, 0.05) is 25.0 Å². The molecule has 0 atom stereocenters. The first kappa shape index (κ1) is 15.2. The molecule has 1 fully saturated rings. The van der Waals surface area contributed by atoms with Gasteiger partial charge >= 0.3 is 0 Å². The van der Waals surface area contributed by atoms with E-state index < -0.39 is 0 Å². The van der Waals surface area contributed by atoms with Crippen LogP contribution in [0.2, 0.25) is 0 Å². The molecule has 0 spiro atoms. The molecule has 3 nitrogen and oxygen atoms in total. The van der Waals surface area contributed by atoms with E-state index in [4.69, 9.17) is 0 Å². The molecule has 0 radical (unpaired) electrons. The van der Waals surface area contributed by atoms with Crippen LogP contribution < -0.4 is 5.32 Å². The molecule has 2 rings (SSSR count). The van der Waals surface area contributed by atoms with Gasteiger partial charge in [0.2, 0.25) is 0 Å². The molecule has 20 heavy (non-hydrogen) atoms. The first-order valence-corrected chi connectivity index (χ1v) is 7.51. The third-order valence-electron chi connectivity index (χ3n) is 4.28.